The summed E-state index contributed by atoms with van der Waals surface area (Å²) in [4.78, 5) is 37.4. The van der Waals surface area contributed by atoms with Crippen LogP contribution in [0.15, 0.2) is 85.3 Å². The maximum atomic E-state index is 13.9. The predicted molar refractivity (Wildman–Crippen MR) is 136 cm³/mol. The molecule has 0 unspecified atom stereocenters. The zero-order valence-electron chi connectivity index (χ0n) is 20.1. The average Bonchev–Trinajstić information content (AvgIpc) is 2.88. The van der Waals surface area contributed by atoms with Crippen molar-refractivity contribution in [3.05, 3.63) is 114 Å². The van der Waals surface area contributed by atoms with Crippen LogP contribution in [-0.4, -0.2) is 28.9 Å². The Morgan fingerprint density at radius 2 is 1.69 bits per heavy atom. The van der Waals surface area contributed by atoms with Gasteiger partial charge in [0.1, 0.15) is 23.3 Å². The molecular weight excluding hydrogens is 459 g/mol. The van der Waals surface area contributed by atoms with E-state index < -0.39 is 23.7 Å². The van der Waals surface area contributed by atoms with Gasteiger partial charge in [-0.3, -0.25) is 19.5 Å². The highest BCUT2D eigenvalue weighted by molar-refractivity contribution is 6.11. The van der Waals surface area contributed by atoms with Gasteiger partial charge in [0.05, 0.1) is 13.3 Å². The van der Waals surface area contributed by atoms with Crippen molar-refractivity contribution in [2.75, 3.05) is 17.3 Å². The number of benzene rings is 3. The Bertz CT molecular complexity index is 1360. The first kappa shape index (κ1) is 24.5. The molecule has 7 nitrogen and oxygen atoms in total. The molecule has 1 heterocycles. The van der Waals surface area contributed by atoms with Gasteiger partial charge >= 0.3 is 0 Å². The van der Waals surface area contributed by atoms with E-state index in [0.29, 0.717) is 22.7 Å². The SMILES string of the molecule is COc1cccc([C@H](C(=O)Nc2ccc(F)cc2)N(C(=O)c2cnccn2)c2cc(C)cc(C)c2)c1. The van der Waals surface area contributed by atoms with E-state index in [1.807, 2.05) is 32.0 Å². The van der Waals surface area contributed by atoms with Crippen LogP contribution in [0, 0.1) is 19.7 Å². The Balaban J connectivity index is 1.89. The molecule has 36 heavy (non-hydrogen) atoms. The fourth-order valence-electron chi connectivity index (χ4n) is 3.98. The number of ether oxygens (including phenoxy) is 1. The molecule has 0 saturated carbocycles. The molecule has 1 atom stereocenters. The fourth-order valence-corrected chi connectivity index (χ4v) is 3.98. The summed E-state index contributed by atoms with van der Waals surface area (Å²) in [7, 11) is 1.53. The van der Waals surface area contributed by atoms with Crippen LogP contribution in [0.3, 0.4) is 0 Å². The summed E-state index contributed by atoms with van der Waals surface area (Å²) < 4.78 is 18.8. The zero-order chi connectivity index (χ0) is 25.7. The second kappa shape index (κ2) is 10.8. The molecule has 0 aliphatic rings. The molecule has 8 heteroatoms. The number of hydrogen-bond donors (Lipinski definition) is 1. The number of amides is 2. The van der Waals surface area contributed by atoms with Crippen LogP contribution in [0.5, 0.6) is 5.75 Å². The van der Waals surface area contributed by atoms with Crippen LogP contribution in [0.4, 0.5) is 15.8 Å². The average molecular weight is 485 g/mol. The van der Waals surface area contributed by atoms with Gasteiger partial charge in [0.15, 0.2) is 0 Å². The van der Waals surface area contributed by atoms with Crippen molar-refractivity contribution in [2.24, 2.45) is 0 Å². The Hall–Kier alpha value is -4.59. The molecular formula is C28H25FN4O3. The standard InChI is InChI=1S/C28H25FN4O3/c1-18-13-19(2)15-23(14-18)33(28(35)25-17-30-11-12-31-25)26(20-5-4-6-24(16-20)36-3)27(34)32-22-9-7-21(29)8-10-22/h4-17,26H,1-3H3,(H,32,34)/t26-/m1/s1. The van der Waals surface area contributed by atoms with Crippen molar-refractivity contribution in [1.29, 1.82) is 0 Å². The number of aryl methyl sites for hydroxylation is 2. The topological polar surface area (TPSA) is 84.4 Å². The summed E-state index contributed by atoms with van der Waals surface area (Å²) in [6.45, 7) is 3.83. The summed E-state index contributed by atoms with van der Waals surface area (Å²) in [5.41, 5.74) is 3.35. The van der Waals surface area contributed by atoms with Crippen molar-refractivity contribution in [1.82, 2.24) is 9.97 Å². The van der Waals surface area contributed by atoms with Gasteiger partial charge in [0, 0.05) is 23.8 Å². The lowest BCUT2D eigenvalue weighted by molar-refractivity contribution is -0.117. The molecule has 0 aliphatic heterocycles. The zero-order valence-corrected chi connectivity index (χ0v) is 20.1. The van der Waals surface area contributed by atoms with Crippen LogP contribution >= 0.6 is 0 Å². The number of nitrogens with zero attached hydrogens (tertiary/aromatic N) is 3. The second-order valence-corrected chi connectivity index (χ2v) is 8.29. The first-order chi connectivity index (χ1) is 17.4. The smallest absolute Gasteiger partial charge is 0.279 e. The Labute approximate surface area is 208 Å². The van der Waals surface area contributed by atoms with Crippen LogP contribution < -0.4 is 15.0 Å². The summed E-state index contributed by atoms with van der Waals surface area (Å²) in [5.74, 6) is -0.895. The molecule has 3 aromatic carbocycles. The molecule has 2 amide bonds. The molecule has 1 N–H and O–H groups in total. The van der Waals surface area contributed by atoms with Gasteiger partial charge in [0.2, 0.25) is 0 Å². The van der Waals surface area contributed by atoms with E-state index in [1.165, 1.54) is 54.9 Å². The maximum Gasteiger partial charge on any atom is 0.279 e. The van der Waals surface area contributed by atoms with E-state index in [1.54, 1.807) is 24.3 Å². The minimum Gasteiger partial charge on any atom is -0.497 e. The largest absolute Gasteiger partial charge is 0.497 e. The first-order valence-electron chi connectivity index (χ1n) is 11.2. The highest BCUT2D eigenvalue weighted by atomic mass is 19.1. The number of rotatable bonds is 7. The molecule has 0 radical (unpaired) electrons. The van der Waals surface area contributed by atoms with Crippen molar-refractivity contribution in [3.8, 4) is 5.75 Å². The third kappa shape index (κ3) is 5.55. The second-order valence-electron chi connectivity index (χ2n) is 8.29. The summed E-state index contributed by atoms with van der Waals surface area (Å²) >= 11 is 0. The lowest BCUT2D eigenvalue weighted by Crippen LogP contribution is -2.42. The fraction of sp³-hybridized carbons (Fsp3) is 0.143. The van der Waals surface area contributed by atoms with Crippen LogP contribution in [-0.2, 0) is 4.79 Å². The first-order valence-corrected chi connectivity index (χ1v) is 11.2. The van der Waals surface area contributed by atoms with Crippen molar-refractivity contribution < 1.29 is 18.7 Å². The molecule has 4 aromatic rings. The van der Waals surface area contributed by atoms with Crippen molar-refractivity contribution >= 4 is 23.2 Å². The van der Waals surface area contributed by atoms with E-state index in [-0.39, 0.29) is 5.69 Å². The van der Waals surface area contributed by atoms with E-state index in [0.717, 1.165) is 11.1 Å². The van der Waals surface area contributed by atoms with Crippen LogP contribution in [0.25, 0.3) is 0 Å². The maximum absolute atomic E-state index is 13.9. The van der Waals surface area contributed by atoms with Gasteiger partial charge in [0.25, 0.3) is 11.8 Å². The number of halogens is 1. The Kier molecular flexibility index (Phi) is 7.34. The number of hydrogen-bond acceptors (Lipinski definition) is 5. The Morgan fingerprint density at radius 1 is 0.972 bits per heavy atom. The van der Waals surface area contributed by atoms with Crippen LogP contribution in [0.2, 0.25) is 0 Å². The predicted octanol–water partition coefficient (Wildman–Crippen LogP) is 5.27. The molecule has 0 spiro atoms. The third-order valence-corrected chi connectivity index (χ3v) is 5.51. The Morgan fingerprint density at radius 3 is 2.33 bits per heavy atom. The normalized spacial score (nSPS) is 11.4. The minimum absolute atomic E-state index is 0.0825. The lowest BCUT2D eigenvalue weighted by atomic mass is 10.0. The number of anilines is 2. The summed E-state index contributed by atoms with van der Waals surface area (Å²) in [6.07, 6.45) is 4.25. The molecule has 1 aromatic heterocycles. The van der Waals surface area contributed by atoms with E-state index in [4.69, 9.17) is 4.74 Å². The number of aromatic nitrogens is 2. The van der Waals surface area contributed by atoms with Gasteiger partial charge in [-0.2, -0.15) is 0 Å². The number of methoxy groups -OCH3 is 1. The molecule has 0 saturated heterocycles. The van der Waals surface area contributed by atoms with Crippen molar-refractivity contribution in [3.63, 3.8) is 0 Å². The van der Waals surface area contributed by atoms with Crippen molar-refractivity contribution in [2.45, 2.75) is 19.9 Å². The van der Waals surface area contributed by atoms with Crippen LogP contribution in [0.1, 0.15) is 33.2 Å². The molecule has 0 fully saturated rings. The summed E-state index contributed by atoms with van der Waals surface area (Å²) in [5, 5.41) is 2.81. The number of nitrogens with one attached hydrogen (secondary N) is 1. The van der Waals surface area contributed by atoms with Gasteiger partial charge in [-0.25, -0.2) is 9.37 Å². The lowest BCUT2D eigenvalue weighted by Gasteiger charge is -2.32. The monoisotopic (exact) mass is 484 g/mol. The number of carbonyl (C=O) groups is 2. The molecule has 182 valence electrons. The van der Waals surface area contributed by atoms with E-state index >= 15 is 0 Å². The molecule has 4 rings (SSSR count). The van der Waals surface area contributed by atoms with Gasteiger partial charge in [-0.15, -0.1) is 0 Å². The number of carbonyl (C=O) groups excluding carboxylic acids is 2. The highest BCUT2D eigenvalue weighted by Gasteiger charge is 2.34. The van der Waals surface area contributed by atoms with E-state index in [2.05, 4.69) is 15.3 Å². The van der Waals surface area contributed by atoms with Gasteiger partial charge < -0.3 is 10.1 Å². The van der Waals surface area contributed by atoms with Gasteiger partial charge in [-0.05, 0) is 79.1 Å². The quantitative estimate of drug-likeness (QED) is 0.386. The van der Waals surface area contributed by atoms with E-state index in [9.17, 15) is 14.0 Å². The summed E-state index contributed by atoms with van der Waals surface area (Å²) in [6, 6.07) is 16.9. The highest BCUT2D eigenvalue weighted by Crippen LogP contribution is 2.33. The minimum atomic E-state index is -1.11. The van der Waals surface area contributed by atoms with Gasteiger partial charge in [-0.1, -0.05) is 18.2 Å². The molecule has 0 bridgehead atoms. The molecule has 0 aliphatic carbocycles. The third-order valence-electron chi connectivity index (χ3n) is 5.51.